The molecule has 0 amide bonds. The lowest BCUT2D eigenvalue weighted by Crippen LogP contribution is -2.67. The van der Waals surface area contributed by atoms with Crippen molar-refractivity contribution in [2.24, 2.45) is 0 Å². The fourth-order valence-electron chi connectivity index (χ4n) is 3.00. The molecule has 0 aliphatic rings. The highest BCUT2D eigenvalue weighted by Crippen LogP contribution is 2.29. The van der Waals surface area contributed by atoms with Gasteiger partial charge < -0.3 is 10.4 Å². The summed E-state index contributed by atoms with van der Waals surface area (Å²) >= 11 is 0. The molecule has 0 radical (unpaired) electrons. The van der Waals surface area contributed by atoms with Gasteiger partial charge in [0.05, 0.1) is 0 Å². The number of ketones is 1. The highest BCUT2D eigenvalue weighted by atomic mass is 19.3. The minimum absolute atomic E-state index is 0.347. The molecule has 27 heavy (non-hydrogen) atoms. The van der Waals surface area contributed by atoms with E-state index < -0.39 is 23.3 Å². The minimum atomic E-state index is -3.02. The Balaban J connectivity index is 1.93. The standard InChI is InChI=1S/C22H27F2NO2/c1-16(26)21(2,22(3,27)20(23)24)25-15-7-8-17-11-13-19(14-12-17)18-9-5-4-6-10-18/h4-6,9-14,20,25,27H,7-8,15H2,1-3H3. The second-order valence-corrected chi connectivity index (χ2v) is 7.22. The number of hydrogen-bond donors (Lipinski definition) is 2. The number of rotatable bonds is 9. The number of aliphatic hydroxyl groups is 1. The molecule has 146 valence electrons. The maximum Gasteiger partial charge on any atom is 0.268 e. The lowest BCUT2D eigenvalue weighted by atomic mass is 9.79. The topological polar surface area (TPSA) is 49.3 Å². The van der Waals surface area contributed by atoms with E-state index in [0.717, 1.165) is 30.0 Å². The lowest BCUT2D eigenvalue weighted by Gasteiger charge is -2.41. The quantitative estimate of drug-likeness (QED) is 0.645. The van der Waals surface area contributed by atoms with Crippen LogP contribution in [0.15, 0.2) is 54.6 Å². The molecule has 2 atom stereocenters. The molecule has 0 aliphatic carbocycles. The van der Waals surface area contributed by atoms with Crippen LogP contribution in [0.2, 0.25) is 0 Å². The summed E-state index contributed by atoms with van der Waals surface area (Å²) in [7, 11) is 0. The fraction of sp³-hybridized carbons (Fsp3) is 0.409. The van der Waals surface area contributed by atoms with Gasteiger partial charge in [-0.05, 0) is 56.8 Å². The summed E-state index contributed by atoms with van der Waals surface area (Å²) in [6.07, 6.45) is -1.62. The Hall–Kier alpha value is -2.11. The third-order valence-corrected chi connectivity index (χ3v) is 5.32. The van der Waals surface area contributed by atoms with E-state index in [1.807, 2.05) is 30.3 Å². The normalized spacial score (nSPS) is 16.0. The summed E-state index contributed by atoms with van der Waals surface area (Å²) in [6, 6.07) is 18.3. The number of Topliss-reactive ketones (excluding diaryl/α,β-unsaturated/α-hetero) is 1. The van der Waals surface area contributed by atoms with Crippen LogP contribution >= 0.6 is 0 Å². The first-order valence-electron chi connectivity index (χ1n) is 9.09. The number of aryl methyl sites for hydroxylation is 1. The Kier molecular flexibility index (Phi) is 6.84. The van der Waals surface area contributed by atoms with Crippen molar-refractivity contribution in [3.63, 3.8) is 0 Å². The van der Waals surface area contributed by atoms with Gasteiger partial charge in [0.15, 0.2) is 5.78 Å². The zero-order valence-corrected chi connectivity index (χ0v) is 16.0. The van der Waals surface area contributed by atoms with Crippen molar-refractivity contribution in [1.82, 2.24) is 5.32 Å². The van der Waals surface area contributed by atoms with E-state index in [9.17, 15) is 18.7 Å². The van der Waals surface area contributed by atoms with Gasteiger partial charge >= 0.3 is 0 Å². The predicted molar refractivity (Wildman–Crippen MR) is 104 cm³/mol. The average molecular weight is 375 g/mol. The molecule has 0 bridgehead atoms. The number of carbonyl (C=O) groups excluding carboxylic acids is 1. The van der Waals surface area contributed by atoms with E-state index in [1.54, 1.807) is 0 Å². The van der Waals surface area contributed by atoms with Crippen molar-refractivity contribution in [3.05, 3.63) is 60.2 Å². The van der Waals surface area contributed by atoms with Gasteiger partial charge in [-0.15, -0.1) is 0 Å². The number of alkyl halides is 2. The van der Waals surface area contributed by atoms with Gasteiger partial charge in [0.1, 0.15) is 11.1 Å². The summed E-state index contributed by atoms with van der Waals surface area (Å²) in [5, 5.41) is 12.9. The predicted octanol–water partition coefficient (Wildman–Crippen LogP) is 4.24. The van der Waals surface area contributed by atoms with E-state index in [4.69, 9.17) is 0 Å². The largest absolute Gasteiger partial charge is 0.382 e. The fourth-order valence-corrected chi connectivity index (χ4v) is 3.00. The van der Waals surface area contributed by atoms with Crippen molar-refractivity contribution < 1.29 is 18.7 Å². The second kappa shape index (κ2) is 8.72. The maximum atomic E-state index is 13.2. The molecular formula is C22H27F2NO2. The van der Waals surface area contributed by atoms with E-state index in [0.29, 0.717) is 13.0 Å². The van der Waals surface area contributed by atoms with E-state index >= 15 is 0 Å². The van der Waals surface area contributed by atoms with Gasteiger partial charge in [-0.2, -0.15) is 0 Å². The Morgan fingerprint density at radius 2 is 1.59 bits per heavy atom. The van der Waals surface area contributed by atoms with Gasteiger partial charge in [0.25, 0.3) is 6.43 Å². The molecule has 0 saturated heterocycles. The number of nitrogens with one attached hydrogen (secondary N) is 1. The first-order valence-corrected chi connectivity index (χ1v) is 9.09. The zero-order valence-electron chi connectivity index (χ0n) is 16.0. The summed E-state index contributed by atoms with van der Waals surface area (Å²) in [5.74, 6) is -0.514. The molecule has 0 heterocycles. The van der Waals surface area contributed by atoms with Crippen LogP contribution in [0.4, 0.5) is 8.78 Å². The Bertz CT molecular complexity index is 745. The van der Waals surface area contributed by atoms with Crippen LogP contribution in [-0.2, 0) is 11.2 Å². The van der Waals surface area contributed by atoms with Crippen LogP contribution in [0.3, 0.4) is 0 Å². The Morgan fingerprint density at radius 1 is 1.04 bits per heavy atom. The average Bonchev–Trinajstić information content (AvgIpc) is 2.65. The molecule has 0 fully saturated rings. The lowest BCUT2D eigenvalue weighted by molar-refractivity contribution is -0.157. The van der Waals surface area contributed by atoms with Crippen molar-refractivity contribution in [2.45, 2.75) is 51.2 Å². The highest BCUT2D eigenvalue weighted by Gasteiger charge is 2.52. The van der Waals surface area contributed by atoms with E-state index in [2.05, 4.69) is 29.6 Å². The monoisotopic (exact) mass is 375 g/mol. The molecule has 3 nitrogen and oxygen atoms in total. The van der Waals surface area contributed by atoms with Gasteiger partial charge in [-0.1, -0.05) is 54.6 Å². The van der Waals surface area contributed by atoms with Gasteiger partial charge in [-0.25, -0.2) is 8.78 Å². The molecule has 0 spiro atoms. The van der Waals surface area contributed by atoms with E-state index in [-0.39, 0.29) is 0 Å². The van der Waals surface area contributed by atoms with Crippen molar-refractivity contribution in [1.29, 1.82) is 0 Å². The van der Waals surface area contributed by atoms with Crippen molar-refractivity contribution >= 4 is 5.78 Å². The molecule has 2 unspecified atom stereocenters. The van der Waals surface area contributed by atoms with Gasteiger partial charge in [-0.3, -0.25) is 4.79 Å². The Labute approximate surface area is 159 Å². The zero-order chi connectivity index (χ0) is 20.1. The first kappa shape index (κ1) is 21.2. The summed E-state index contributed by atoms with van der Waals surface area (Å²) in [5.41, 5.74) is -0.720. The molecule has 2 N–H and O–H groups in total. The molecule has 5 heteroatoms. The van der Waals surface area contributed by atoms with Crippen LogP contribution in [0.1, 0.15) is 32.8 Å². The molecule has 2 aromatic carbocycles. The molecule has 2 rings (SSSR count). The molecule has 2 aromatic rings. The summed E-state index contributed by atoms with van der Waals surface area (Å²) in [4.78, 5) is 11.9. The first-order chi connectivity index (χ1) is 12.7. The number of benzene rings is 2. The minimum Gasteiger partial charge on any atom is -0.382 e. The van der Waals surface area contributed by atoms with Crippen LogP contribution in [-0.4, -0.2) is 35.0 Å². The maximum absolute atomic E-state index is 13.2. The molecule has 0 saturated carbocycles. The number of halogens is 2. The smallest absolute Gasteiger partial charge is 0.268 e. The van der Waals surface area contributed by atoms with E-state index in [1.165, 1.54) is 13.8 Å². The third-order valence-electron chi connectivity index (χ3n) is 5.32. The van der Waals surface area contributed by atoms with Crippen LogP contribution < -0.4 is 5.32 Å². The Morgan fingerprint density at radius 3 is 2.11 bits per heavy atom. The number of hydrogen-bond acceptors (Lipinski definition) is 3. The van der Waals surface area contributed by atoms with Crippen molar-refractivity contribution in [3.8, 4) is 11.1 Å². The van der Waals surface area contributed by atoms with Gasteiger partial charge in [0, 0.05) is 0 Å². The molecule has 0 aliphatic heterocycles. The highest BCUT2D eigenvalue weighted by molar-refractivity contribution is 5.87. The van der Waals surface area contributed by atoms with Gasteiger partial charge in [0.2, 0.25) is 0 Å². The van der Waals surface area contributed by atoms with Crippen molar-refractivity contribution in [2.75, 3.05) is 6.54 Å². The second-order valence-electron chi connectivity index (χ2n) is 7.22. The number of carbonyl (C=O) groups is 1. The van der Waals surface area contributed by atoms with Crippen LogP contribution in [0.25, 0.3) is 11.1 Å². The van der Waals surface area contributed by atoms with Crippen LogP contribution in [0, 0.1) is 0 Å². The SMILES string of the molecule is CC(=O)C(C)(NCCCc1ccc(-c2ccccc2)cc1)C(C)(O)C(F)F. The third kappa shape index (κ3) is 4.79. The van der Waals surface area contributed by atoms with Crippen LogP contribution in [0.5, 0.6) is 0 Å². The molecular weight excluding hydrogens is 348 g/mol. The summed E-state index contributed by atoms with van der Waals surface area (Å²) in [6.45, 7) is 3.88. The molecule has 0 aromatic heterocycles. The summed E-state index contributed by atoms with van der Waals surface area (Å²) < 4.78 is 26.4.